The maximum Gasteiger partial charge on any atom is 0.185 e. The van der Waals surface area contributed by atoms with Gasteiger partial charge in [0.05, 0.1) is 5.69 Å². The number of nitrogens with zero attached hydrogens (tertiary/aromatic N) is 3. The molecule has 0 amide bonds. The highest BCUT2D eigenvalue weighted by Crippen LogP contribution is 2.29. The number of piperazine rings is 1. The topological polar surface area (TPSA) is 31.4 Å². The number of aromatic nitrogens is 1. The maximum atomic E-state index is 4.89. The summed E-state index contributed by atoms with van der Waals surface area (Å²) in [5.41, 5.74) is 1.30. The van der Waals surface area contributed by atoms with E-state index in [1.54, 1.807) is 0 Å². The van der Waals surface area contributed by atoms with Crippen molar-refractivity contribution in [2.24, 2.45) is 0 Å². The first kappa shape index (κ1) is 14.3. The van der Waals surface area contributed by atoms with Crippen molar-refractivity contribution in [3.8, 4) is 0 Å². The van der Waals surface area contributed by atoms with E-state index in [9.17, 15) is 0 Å². The van der Waals surface area contributed by atoms with E-state index in [4.69, 9.17) is 4.98 Å². The molecule has 5 heteroatoms. The molecule has 1 aromatic rings. The van der Waals surface area contributed by atoms with Crippen LogP contribution in [0.25, 0.3) is 0 Å². The quantitative estimate of drug-likeness (QED) is 0.870. The first-order valence-electron chi connectivity index (χ1n) is 7.99. The van der Waals surface area contributed by atoms with Gasteiger partial charge in [0.1, 0.15) is 0 Å². The number of hydrogen-bond donors (Lipinski definition) is 1. The molecular formula is C15H26N4S. The van der Waals surface area contributed by atoms with Crippen molar-refractivity contribution in [1.29, 1.82) is 0 Å². The highest BCUT2D eigenvalue weighted by Gasteiger charge is 2.23. The van der Waals surface area contributed by atoms with Crippen LogP contribution < -0.4 is 10.2 Å². The van der Waals surface area contributed by atoms with Gasteiger partial charge in [-0.15, -0.1) is 11.3 Å². The third-order valence-electron chi connectivity index (χ3n) is 4.32. The maximum absolute atomic E-state index is 4.89. The molecule has 2 aliphatic rings. The van der Waals surface area contributed by atoms with Crippen LogP contribution in [-0.2, 0) is 13.0 Å². The summed E-state index contributed by atoms with van der Waals surface area (Å²) in [5, 5.41) is 4.86. The van der Waals surface area contributed by atoms with Crippen LogP contribution in [0, 0.1) is 0 Å². The van der Waals surface area contributed by atoms with Gasteiger partial charge < -0.3 is 15.1 Å². The lowest BCUT2D eigenvalue weighted by molar-refractivity contribution is 0.271. The monoisotopic (exact) mass is 294 g/mol. The van der Waals surface area contributed by atoms with Crippen molar-refractivity contribution in [2.75, 3.05) is 37.6 Å². The van der Waals surface area contributed by atoms with Crippen LogP contribution in [-0.4, -0.2) is 48.6 Å². The molecule has 2 fully saturated rings. The summed E-state index contributed by atoms with van der Waals surface area (Å²) in [7, 11) is 0. The second kappa shape index (κ2) is 6.41. The smallest absolute Gasteiger partial charge is 0.185 e. The Hall–Kier alpha value is -0.650. The highest BCUT2D eigenvalue weighted by molar-refractivity contribution is 7.15. The van der Waals surface area contributed by atoms with Gasteiger partial charge in [-0.3, -0.25) is 0 Å². The molecule has 0 unspecified atom stereocenters. The third kappa shape index (κ3) is 3.32. The molecule has 3 rings (SSSR count). The van der Waals surface area contributed by atoms with E-state index >= 15 is 0 Å². The summed E-state index contributed by atoms with van der Waals surface area (Å²) in [6.07, 6.45) is 3.76. The van der Waals surface area contributed by atoms with Crippen molar-refractivity contribution < 1.29 is 0 Å². The molecule has 1 aromatic heterocycles. The fourth-order valence-electron chi connectivity index (χ4n) is 2.70. The standard InChI is InChI=1S/C15H26N4S/c1-3-13-14(11-16-12-5-6-12)20-15(17-13)19-9-7-18(4-2)8-10-19/h12,16H,3-11H2,1-2H3. The number of thiazole rings is 1. The fourth-order valence-corrected chi connectivity index (χ4v) is 3.85. The predicted octanol–water partition coefficient (Wildman–Crippen LogP) is 2.10. The minimum absolute atomic E-state index is 0.776. The zero-order valence-electron chi connectivity index (χ0n) is 12.7. The van der Waals surface area contributed by atoms with Crippen LogP contribution in [0.1, 0.15) is 37.3 Å². The molecular weight excluding hydrogens is 268 g/mol. The summed E-state index contributed by atoms with van der Waals surface area (Å²) >= 11 is 1.90. The molecule has 20 heavy (non-hydrogen) atoms. The Balaban J connectivity index is 1.63. The number of rotatable bonds is 6. The Morgan fingerprint density at radius 3 is 2.55 bits per heavy atom. The molecule has 112 valence electrons. The molecule has 0 radical (unpaired) electrons. The van der Waals surface area contributed by atoms with E-state index in [1.165, 1.54) is 48.2 Å². The average Bonchev–Trinajstić information content (AvgIpc) is 3.24. The lowest BCUT2D eigenvalue weighted by atomic mass is 10.3. The highest BCUT2D eigenvalue weighted by atomic mass is 32.1. The summed E-state index contributed by atoms with van der Waals surface area (Å²) in [5.74, 6) is 0. The van der Waals surface area contributed by atoms with Crippen LogP contribution in [0.15, 0.2) is 0 Å². The lowest BCUT2D eigenvalue weighted by Crippen LogP contribution is -2.46. The Labute approximate surface area is 126 Å². The van der Waals surface area contributed by atoms with Crippen LogP contribution in [0.5, 0.6) is 0 Å². The second-order valence-electron chi connectivity index (χ2n) is 5.80. The van der Waals surface area contributed by atoms with E-state index in [-0.39, 0.29) is 0 Å². The molecule has 1 aliphatic heterocycles. The van der Waals surface area contributed by atoms with E-state index < -0.39 is 0 Å². The van der Waals surface area contributed by atoms with E-state index in [0.717, 1.165) is 32.1 Å². The minimum Gasteiger partial charge on any atom is -0.346 e. The molecule has 1 N–H and O–H groups in total. The normalized spacial score (nSPS) is 20.6. The van der Waals surface area contributed by atoms with Gasteiger partial charge in [-0.05, 0) is 25.8 Å². The molecule has 0 bridgehead atoms. The summed E-state index contributed by atoms with van der Waals surface area (Å²) in [4.78, 5) is 11.3. The molecule has 0 atom stereocenters. The van der Waals surface area contributed by atoms with E-state index in [0.29, 0.717) is 0 Å². The Bertz CT molecular complexity index is 433. The molecule has 2 heterocycles. The molecule has 0 aromatic carbocycles. The Morgan fingerprint density at radius 2 is 1.95 bits per heavy atom. The van der Waals surface area contributed by atoms with Crippen molar-refractivity contribution >= 4 is 16.5 Å². The lowest BCUT2D eigenvalue weighted by Gasteiger charge is -2.33. The summed E-state index contributed by atoms with van der Waals surface area (Å²) < 4.78 is 0. The SMILES string of the molecule is CCc1nc(N2CCN(CC)CC2)sc1CNC1CC1. The first-order valence-corrected chi connectivity index (χ1v) is 8.81. The van der Waals surface area contributed by atoms with Crippen molar-refractivity contribution in [3.63, 3.8) is 0 Å². The molecule has 0 spiro atoms. The molecule has 1 aliphatic carbocycles. The Morgan fingerprint density at radius 1 is 1.20 bits per heavy atom. The van der Waals surface area contributed by atoms with Gasteiger partial charge in [-0.25, -0.2) is 4.98 Å². The van der Waals surface area contributed by atoms with Crippen molar-refractivity contribution in [2.45, 2.75) is 45.7 Å². The van der Waals surface area contributed by atoms with Crippen molar-refractivity contribution in [3.05, 3.63) is 10.6 Å². The number of nitrogens with one attached hydrogen (secondary N) is 1. The zero-order valence-corrected chi connectivity index (χ0v) is 13.5. The molecule has 1 saturated carbocycles. The number of aryl methyl sites for hydroxylation is 1. The van der Waals surface area contributed by atoms with Gasteiger partial charge in [0.25, 0.3) is 0 Å². The van der Waals surface area contributed by atoms with Gasteiger partial charge in [0.15, 0.2) is 5.13 Å². The van der Waals surface area contributed by atoms with Gasteiger partial charge >= 0.3 is 0 Å². The second-order valence-corrected chi connectivity index (χ2v) is 6.86. The van der Waals surface area contributed by atoms with Crippen LogP contribution in [0.2, 0.25) is 0 Å². The zero-order chi connectivity index (χ0) is 13.9. The summed E-state index contributed by atoms with van der Waals surface area (Å²) in [6.45, 7) is 11.2. The van der Waals surface area contributed by atoms with Crippen molar-refractivity contribution in [1.82, 2.24) is 15.2 Å². The minimum atomic E-state index is 0.776. The van der Waals surface area contributed by atoms with E-state index in [2.05, 4.69) is 29.0 Å². The molecule has 1 saturated heterocycles. The van der Waals surface area contributed by atoms with E-state index in [1.807, 2.05) is 11.3 Å². The first-order chi connectivity index (χ1) is 9.80. The van der Waals surface area contributed by atoms with Crippen LogP contribution in [0.3, 0.4) is 0 Å². The van der Waals surface area contributed by atoms with Crippen LogP contribution in [0.4, 0.5) is 5.13 Å². The van der Waals surface area contributed by atoms with Gasteiger partial charge in [0.2, 0.25) is 0 Å². The number of hydrogen-bond acceptors (Lipinski definition) is 5. The largest absolute Gasteiger partial charge is 0.346 e. The fraction of sp³-hybridized carbons (Fsp3) is 0.800. The third-order valence-corrected chi connectivity index (χ3v) is 5.48. The number of anilines is 1. The van der Waals surface area contributed by atoms with Gasteiger partial charge in [-0.2, -0.15) is 0 Å². The summed E-state index contributed by atoms with van der Waals surface area (Å²) in [6, 6.07) is 0.776. The van der Waals surface area contributed by atoms with Gasteiger partial charge in [0, 0.05) is 43.6 Å². The van der Waals surface area contributed by atoms with Crippen LogP contribution >= 0.6 is 11.3 Å². The van der Waals surface area contributed by atoms with Gasteiger partial charge in [-0.1, -0.05) is 13.8 Å². The predicted molar refractivity (Wildman–Crippen MR) is 85.7 cm³/mol. The Kier molecular flexibility index (Phi) is 4.58. The average molecular weight is 294 g/mol. The molecule has 4 nitrogen and oxygen atoms in total. The number of likely N-dealkylation sites (N-methyl/N-ethyl adjacent to an activating group) is 1.